The molecule has 2 aliphatic rings. The predicted octanol–water partition coefficient (Wildman–Crippen LogP) is 2.07. The largest absolute Gasteiger partial charge is 0.462 e. The number of anilines is 1. The number of rotatable bonds is 9. The molecular weight excluding hydrogens is 458 g/mol. The van der Waals surface area contributed by atoms with E-state index in [1.165, 1.54) is 5.56 Å². The number of nitrogens with zero attached hydrogens (tertiary/aromatic N) is 4. The van der Waals surface area contributed by atoms with Crippen LogP contribution in [0.25, 0.3) is 0 Å². The molecule has 36 heavy (non-hydrogen) atoms. The van der Waals surface area contributed by atoms with Gasteiger partial charge < -0.3 is 19.7 Å². The highest BCUT2D eigenvalue weighted by Crippen LogP contribution is 2.23. The summed E-state index contributed by atoms with van der Waals surface area (Å²) in [6, 6.07) is 13.4. The minimum Gasteiger partial charge on any atom is -0.462 e. The average Bonchev–Trinajstić information content (AvgIpc) is 2.88. The smallest absolute Gasteiger partial charge is 0.320 e. The highest BCUT2D eigenvalue weighted by Gasteiger charge is 2.20. The van der Waals surface area contributed by atoms with Crippen molar-refractivity contribution in [2.24, 2.45) is 5.10 Å². The number of likely N-dealkylation sites (N-methyl/N-ethyl adjacent to an activating group) is 1. The van der Waals surface area contributed by atoms with Gasteiger partial charge in [0.15, 0.2) is 0 Å². The Bertz CT molecular complexity index is 1060. The summed E-state index contributed by atoms with van der Waals surface area (Å²) in [5, 5.41) is 9.62. The number of hydrogen-bond donors (Lipinski definition) is 1. The van der Waals surface area contributed by atoms with E-state index >= 15 is 0 Å². The van der Waals surface area contributed by atoms with Crippen LogP contribution < -0.4 is 5.32 Å². The fraction of sp³-hybridized carbons (Fsp3) is 0.444. The molecule has 2 heterocycles. The lowest BCUT2D eigenvalue weighted by Crippen LogP contribution is -2.41. The van der Waals surface area contributed by atoms with Crippen LogP contribution in [0.4, 0.5) is 5.69 Å². The maximum atomic E-state index is 12.8. The van der Waals surface area contributed by atoms with Crippen LogP contribution in [0.5, 0.6) is 0 Å². The van der Waals surface area contributed by atoms with Gasteiger partial charge in [0.1, 0.15) is 6.61 Å². The second-order valence-electron chi connectivity index (χ2n) is 9.24. The van der Waals surface area contributed by atoms with Crippen molar-refractivity contribution in [3.05, 3.63) is 64.7 Å². The van der Waals surface area contributed by atoms with E-state index in [-0.39, 0.29) is 25.0 Å². The Morgan fingerprint density at radius 3 is 2.53 bits per heavy atom. The van der Waals surface area contributed by atoms with Gasteiger partial charge >= 0.3 is 5.97 Å². The van der Waals surface area contributed by atoms with E-state index in [9.17, 15) is 9.59 Å². The molecule has 0 aliphatic carbocycles. The second kappa shape index (κ2) is 12.6. The van der Waals surface area contributed by atoms with Crippen molar-refractivity contribution < 1.29 is 19.1 Å². The number of hydrogen-bond acceptors (Lipinski definition) is 8. The molecule has 2 aromatic carbocycles. The van der Waals surface area contributed by atoms with Gasteiger partial charge in [-0.15, -0.1) is 0 Å². The molecule has 0 unspecified atom stereocenters. The molecule has 0 aromatic heterocycles. The summed E-state index contributed by atoms with van der Waals surface area (Å²) in [6.07, 6.45) is 2.70. The fourth-order valence-corrected chi connectivity index (χ4v) is 4.28. The monoisotopic (exact) mass is 493 g/mol. The molecule has 1 fully saturated rings. The summed E-state index contributed by atoms with van der Waals surface area (Å²) in [6.45, 7) is 6.20. The Kier molecular flexibility index (Phi) is 9.05. The molecule has 0 spiro atoms. The van der Waals surface area contributed by atoms with Crippen LogP contribution in [0.15, 0.2) is 47.6 Å². The van der Waals surface area contributed by atoms with Gasteiger partial charge in [-0.25, -0.2) is 0 Å². The van der Waals surface area contributed by atoms with Crippen LogP contribution in [0, 0.1) is 0 Å². The Labute approximate surface area is 212 Å². The molecule has 1 saturated heterocycles. The first-order chi connectivity index (χ1) is 17.5. The van der Waals surface area contributed by atoms with E-state index in [0.29, 0.717) is 18.7 Å². The molecule has 0 bridgehead atoms. The van der Waals surface area contributed by atoms with Crippen molar-refractivity contribution >= 4 is 23.8 Å². The van der Waals surface area contributed by atoms with Gasteiger partial charge in [-0.05, 0) is 54.4 Å². The van der Waals surface area contributed by atoms with Crippen LogP contribution in [0.3, 0.4) is 0 Å². The zero-order valence-electron chi connectivity index (χ0n) is 21.1. The van der Waals surface area contributed by atoms with Crippen LogP contribution in [-0.2, 0) is 27.2 Å². The van der Waals surface area contributed by atoms with Crippen molar-refractivity contribution in [1.29, 1.82) is 0 Å². The molecule has 0 saturated carbocycles. The minimum atomic E-state index is -0.253. The number of benzene rings is 2. The lowest BCUT2D eigenvalue weighted by molar-refractivity contribution is -0.146. The van der Waals surface area contributed by atoms with Gasteiger partial charge in [0.25, 0.3) is 5.91 Å². The third kappa shape index (κ3) is 7.36. The van der Waals surface area contributed by atoms with Crippen molar-refractivity contribution in [1.82, 2.24) is 14.8 Å². The number of fused-ring (bicyclic) bond motifs is 1. The number of piperazine rings is 1. The molecule has 2 aromatic rings. The number of hydrazone groups is 1. The van der Waals surface area contributed by atoms with Crippen molar-refractivity contribution in [3.63, 3.8) is 0 Å². The van der Waals surface area contributed by atoms with Crippen LogP contribution in [-0.4, -0.2) is 99.5 Å². The van der Waals surface area contributed by atoms with E-state index in [1.54, 1.807) is 7.11 Å². The standard InChI is InChI=1S/C27H35N5O4/c1-30-11-13-32(14-12-30)28-18-21-3-5-23(6-4-21)27(34)29-25-8-7-22-9-10-31(19-24(22)17-25)20-26(33)36-16-15-35-2/h3-8,17-18H,9-16,19-20H2,1-2H3,(H,29,34)/b28-18+. The molecule has 1 N–H and O–H groups in total. The number of carbonyl (C=O) groups excluding carboxylic acids is 2. The summed E-state index contributed by atoms with van der Waals surface area (Å²) in [4.78, 5) is 29.2. The highest BCUT2D eigenvalue weighted by molar-refractivity contribution is 6.04. The van der Waals surface area contributed by atoms with Crippen LogP contribution in [0.1, 0.15) is 27.0 Å². The number of nitrogens with one attached hydrogen (secondary N) is 1. The zero-order chi connectivity index (χ0) is 25.3. The van der Waals surface area contributed by atoms with Gasteiger partial charge in [-0.3, -0.25) is 19.5 Å². The quantitative estimate of drug-likeness (QED) is 0.325. The summed E-state index contributed by atoms with van der Waals surface area (Å²) >= 11 is 0. The molecule has 1 amide bonds. The van der Waals surface area contributed by atoms with Gasteiger partial charge in [0, 0.05) is 57.6 Å². The Hall–Kier alpha value is -3.27. The minimum absolute atomic E-state index is 0.160. The first-order valence-electron chi connectivity index (χ1n) is 12.4. The van der Waals surface area contributed by atoms with Gasteiger partial charge in [-0.1, -0.05) is 18.2 Å². The molecule has 2 aliphatic heterocycles. The molecule has 9 heteroatoms. The number of methoxy groups -OCH3 is 1. The molecule has 192 valence electrons. The summed E-state index contributed by atoms with van der Waals surface area (Å²) < 4.78 is 10.1. The topological polar surface area (TPSA) is 86.7 Å². The summed E-state index contributed by atoms with van der Waals surface area (Å²) in [5.74, 6) is -0.413. The summed E-state index contributed by atoms with van der Waals surface area (Å²) in [7, 11) is 3.69. The van der Waals surface area contributed by atoms with Crippen molar-refractivity contribution in [2.45, 2.75) is 13.0 Å². The number of amides is 1. The third-order valence-electron chi connectivity index (χ3n) is 6.48. The average molecular weight is 494 g/mol. The molecule has 0 radical (unpaired) electrons. The first-order valence-corrected chi connectivity index (χ1v) is 12.4. The first kappa shape index (κ1) is 25.8. The Balaban J connectivity index is 1.30. The van der Waals surface area contributed by atoms with E-state index < -0.39 is 0 Å². The normalized spacial score (nSPS) is 16.7. The maximum Gasteiger partial charge on any atom is 0.320 e. The van der Waals surface area contributed by atoms with E-state index in [1.807, 2.05) is 42.6 Å². The third-order valence-corrected chi connectivity index (χ3v) is 6.48. The molecule has 4 rings (SSSR count). The van der Waals surface area contributed by atoms with Gasteiger partial charge in [0.2, 0.25) is 0 Å². The SMILES string of the molecule is COCCOC(=O)CN1CCc2ccc(NC(=O)c3ccc(/C=N/N4CCN(C)CC4)cc3)cc2C1. The van der Waals surface area contributed by atoms with E-state index in [4.69, 9.17) is 9.47 Å². The maximum absolute atomic E-state index is 12.8. The van der Waals surface area contributed by atoms with E-state index in [0.717, 1.165) is 56.0 Å². The number of carbonyl (C=O) groups is 2. The highest BCUT2D eigenvalue weighted by atomic mass is 16.6. The Morgan fingerprint density at radius 2 is 1.78 bits per heavy atom. The van der Waals surface area contributed by atoms with Crippen molar-refractivity contribution in [2.75, 3.05) is 72.0 Å². The van der Waals surface area contributed by atoms with Crippen LogP contribution >= 0.6 is 0 Å². The zero-order valence-corrected chi connectivity index (χ0v) is 21.1. The number of esters is 1. The van der Waals surface area contributed by atoms with Gasteiger partial charge in [-0.2, -0.15) is 5.10 Å². The number of ether oxygens (including phenoxy) is 2. The van der Waals surface area contributed by atoms with Gasteiger partial charge in [0.05, 0.1) is 19.4 Å². The van der Waals surface area contributed by atoms with Crippen molar-refractivity contribution in [3.8, 4) is 0 Å². The molecule has 9 nitrogen and oxygen atoms in total. The molecule has 0 atom stereocenters. The Morgan fingerprint density at radius 1 is 1.00 bits per heavy atom. The lowest BCUT2D eigenvalue weighted by Gasteiger charge is -2.30. The predicted molar refractivity (Wildman–Crippen MR) is 139 cm³/mol. The van der Waals surface area contributed by atoms with E-state index in [2.05, 4.69) is 38.3 Å². The lowest BCUT2D eigenvalue weighted by atomic mass is 9.99. The van der Waals surface area contributed by atoms with Crippen LogP contribution in [0.2, 0.25) is 0 Å². The fourth-order valence-electron chi connectivity index (χ4n) is 4.28. The molecular formula is C27H35N5O4. The summed E-state index contributed by atoms with van der Waals surface area (Å²) in [5.41, 5.74) is 4.63. The second-order valence-corrected chi connectivity index (χ2v) is 9.24.